The molecule has 0 saturated heterocycles. The number of nitrogens with zero attached hydrogens (tertiary/aromatic N) is 4. The molecule has 0 radical (unpaired) electrons. The van der Waals surface area contributed by atoms with Crippen LogP contribution in [0.15, 0.2) is 16.7 Å². The second-order valence-corrected chi connectivity index (χ2v) is 8.61. The fourth-order valence-corrected chi connectivity index (χ4v) is 4.47. The first-order valence-corrected chi connectivity index (χ1v) is 10.1. The van der Waals surface area contributed by atoms with Crippen molar-refractivity contribution in [3.05, 3.63) is 23.2 Å². The van der Waals surface area contributed by atoms with Crippen molar-refractivity contribution in [1.29, 1.82) is 0 Å². The minimum Gasteiger partial charge on any atom is -0.315 e. The molecule has 0 saturated carbocycles. The molecule has 0 aromatic carbocycles. The summed E-state index contributed by atoms with van der Waals surface area (Å²) >= 11 is 0. The van der Waals surface area contributed by atoms with Gasteiger partial charge in [0.15, 0.2) is 0 Å². The molecule has 140 valence electrons. The van der Waals surface area contributed by atoms with Gasteiger partial charge in [-0.25, -0.2) is 12.7 Å². The highest BCUT2D eigenvalue weighted by Gasteiger charge is 2.28. The molecule has 7 nitrogen and oxygen atoms in total. The smallest absolute Gasteiger partial charge is 0.248 e. The Balaban J connectivity index is 2.29. The molecule has 0 fully saturated rings. The number of rotatable bonds is 6. The van der Waals surface area contributed by atoms with Gasteiger partial charge in [0.1, 0.15) is 11.4 Å². The number of aromatic nitrogens is 2. The van der Waals surface area contributed by atoms with Crippen LogP contribution in [0.25, 0.3) is 0 Å². The van der Waals surface area contributed by atoms with Crippen LogP contribution in [0.5, 0.6) is 0 Å². The van der Waals surface area contributed by atoms with Crippen LogP contribution in [0.3, 0.4) is 0 Å². The number of allylic oxidation sites excluding steroid dienone is 2. The molecule has 2 rings (SSSR count). The Kier molecular flexibility index (Phi) is 6.05. The quantitative estimate of drug-likeness (QED) is 0.770. The Morgan fingerprint density at radius 1 is 1.28 bits per heavy atom. The highest BCUT2D eigenvalue weighted by Crippen LogP contribution is 2.24. The number of hydrogen-bond donors (Lipinski definition) is 0. The van der Waals surface area contributed by atoms with Crippen LogP contribution < -0.4 is 0 Å². The van der Waals surface area contributed by atoms with Crippen LogP contribution in [0.2, 0.25) is 0 Å². The van der Waals surface area contributed by atoms with E-state index in [1.807, 2.05) is 6.92 Å². The second-order valence-electron chi connectivity index (χ2n) is 6.52. The average molecular weight is 369 g/mol. The third-order valence-corrected chi connectivity index (χ3v) is 6.64. The van der Waals surface area contributed by atoms with Crippen LogP contribution in [0.1, 0.15) is 44.0 Å². The highest BCUT2D eigenvalue weighted by atomic mass is 32.2. The van der Waals surface area contributed by atoms with Crippen LogP contribution in [-0.4, -0.2) is 54.0 Å². The maximum absolute atomic E-state index is 12.8. The average Bonchev–Trinajstić information content (AvgIpc) is 2.83. The molecule has 0 N–H and O–H groups in total. The Hall–Kier alpha value is -1.67. The maximum atomic E-state index is 12.8. The minimum absolute atomic E-state index is 0.0425. The number of hydrogen-bond acceptors (Lipinski definition) is 4. The fraction of sp³-hybridized carbons (Fsp3) is 0.647. The van der Waals surface area contributed by atoms with Crippen molar-refractivity contribution in [2.24, 2.45) is 0 Å². The van der Waals surface area contributed by atoms with Crippen LogP contribution in [0, 0.1) is 13.8 Å². The van der Waals surface area contributed by atoms with Crippen LogP contribution >= 0.6 is 0 Å². The zero-order valence-electron chi connectivity index (χ0n) is 15.7. The van der Waals surface area contributed by atoms with Gasteiger partial charge in [-0.15, -0.1) is 0 Å². The van der Waals surface area contributed by atoms with Crippen LogP contribution in [-0.2, 0) is 21.4 Å². The van der Waals surface area contributed by atoms with Gasteiger partial charge in [0.2, 0.25) is 15.9 Å². The van der Waals surface area contributed by atoms with Gasteiger partial charge in [-0.2, -0.15) is 5.10 Å². The lowest BCUT2D eigenvalue weighted by atomic mass is 10.0. The molecular weight excluding hydrogens is 340 g/mol. The summed E-state index contributed by atoms with van der Waals surface area (Å²) in [5.41, 5.74) is 1.98. The van der Waals surface area contributed by atoms with E-state index in [2.05, 4.69) is 11.2 Å². The van der Waals surface area contributed by atoms with Gasteiger partial charge in [0, 0.05) is 26.3 Å². The van der Waals surface area contributed by atoms with Gasteiger partial charge >= 0.3 is 0 Å². The lowest BCUT2D eigenvalue weighted by Crippen LogP contribution is -2.34. The molecule has 1 aromatic rings. The SMILES string of the molecule is CCN(C(=O)Cn1nc(C)c(S(=O)(=O)N(C)C)c1C)C1=CCCCC1. The van der Waals surface area contributed by atoms with Gasteiger partial charge in [-0.05, 0) is 46.5 Å². The van der Waals surface area contributed by atoms with Crippen molar-refractivity contribution in [3.8, 4) is 0 Å². The molecule has 0 aliphatic heterocycles. The summed E-state index contributed by atoms with van der Waals surface area (Å²) in [7, 11) is -0.603. The normalized spacial score (nSPS) is 15.4. The Bertz CT molecular complexity index is 778. The van der Waals surface area contributed by atoms with Crippen molar-refractivity contribution < 1.29 is 13.2 Å². The van der Waals surface area contributed by atoms with Crippen molar-refractivity contribution in [1.82, 2.24) is 19.0 Å². The number of amides is 1. The van der Waals surface area contributed by atoms with E-state index in [-0.39, 0.29) is 17.3 Å². The van der Waals surface area contributed by atoms with E-state index < -0.39 is 10.0 Å². The van der Waals surface area contributed by atoms with Gasteiger partial charge in [0.05, 0.1) is 11.4 Å². The molecule has 0 bridgehead atoms. The Morgan fingerprint density at radius 3 is 2.48 bits per heavy atom. The summed E-state index contributed by atoms with van der Waals surface area (Å²) < 4.78 is 27.6. The topological polar surface area (TPSA) is 75.5 Å². The van der Waals surface area contributed by atoms with E-state index in [9.17, 15) is 13.2 Å². The third-order valence-electron chi connectivity index (χ3n) is 4.57. The first-order valence-electron chi connectivity index (χ1n) is 8.66. The van der Waals surface area contributed by atoms with E-state index in [1.165, 1.54) is 29.5 Å². The van der Waals surface area contributed by atoms with Crippen molar-refractivity contribution in [2.45, 2.75) is 57.9 Å². The van der Waals surface area contributed by atoms with Crippen molar-refractivity contribution in [3.63, 3.8) is 0 Å². The lowest BCUT2D eigenvalue weighted by Gasteiger charge is -2.26. The van der Waals surface area contributed by atoms with Crippen molar-refractivity contribution in [2.75, 3.05) is 20.6 Å². The lowest BCUT2D eigenvalue weighted by molar-refractivity contribution is -0.130. The standard InChI is InChI=1S/C17H28N4O3S/c1-6-20(15-10-8-7-9-11-15)16(22)12-21-14(3)17(13(2)18-21)25(23,24)19(4)5/h10H,6-9,11-12H2,1-5H3. The van der Waals surface area contributed by atoms with Gasteiger partial charge < -0.3 is 4.90 Å². The van der Waals surface area contributed by atoms with Crippen molar-refractivity contribution >= 4 is 15.9 Å². The summed E-state index contributed by atoms with van der Waals surface area (Å²) in [6, 6.07) is 0. The number of carbonyl (C=O) groups is 1. The molecule has 0 spiro atoms. The first kappa shape index (κ1) is 19.7. The van der Waals surface area contributed by atoms with Crippen LogP contribution in [0.4, 0.5) is 0 Å². The molecule has 1 amide bonds. The summed E-state index contributed by atoms with van der Waals surface area (Å²) in [5, 5.41) is 4.30. The molecule has 1 heterocycles. The third kappa shape index (κ3) is 3.95. The first-order chi connectivity index (χ1) is 11.7. The monoisotopic (exact) mass is 368 g/mol. The molecule has 1 aliphatic rings. The van der Waals surface area contributed by atoms with Gasteiger partial charge in [-0.3, -0.25) is 9.48 Å². The van der Waals surface area contributed by atoms with E-state index in [0.29, 0.717) is 17.9 Å². The maximum Gasteiger partial charge on any atom is 0.248 e. The number of sulfonamides is 1. The van der Waals surface area contributed by atoms with E-state index in [1.54, 1.807) is 18.7 Å². The summed E-state index contributed by atoms with van der Waals surface area (Å²) in [6.07, 6.45) is 6.31. The van der Waals surface area contributed by atoms with E-state index >= 15 is 0 Å². The van der Waals surface area contributed by atoms with E-state index in [4.69, 9.17) is 0 Å². The molecule has 0 atom stereocenters. The van der Waals surface area contributed by atoms with Gasteiger partial charge in [0.25, 0.3) is 0 Å². The number of likely N-dealkylation sites (N-methyl/N-ethyl adjacent to an activating group) is 1. The summed E-state index contributed by atoms with van der Waals surface area (Å²) in [6.45, 7) is 5.95. The molecule has 25 heavy (non-hydrogen) atoms. The zero-order chi connectivity index (χ0) is 18.8. The van der Waals surface area contributed by atoms with E-state index in [0.717, 1.165) is 25.0 Å². The fourth-order valence-electron chi connectivity index (χ4n) is 3.21. The second kappa shape index (κ2) is 7.70. The summed E-state index contributed by atoms with van der Waals surface area (Å²) in [4.78, 5) is 14.7. The molecular formula is C17H28N4O3S. The molecule has 1 aromatic heterocycles. The molecule has 1 aliphatic carbocycles. The number of aryl methyl sites for hydroxylation is 1. The number of carbonyl (C=O) groups excluding carboxylic acids is 1. The minimum atomic E-state index is -3.59. The Labute approximate surface area is 150 Å². The Morgan fingerprint density at radius 2 is 1.96 bits per heavy atom. The predicted octanol–water partition coefficient (Wildman–Crippen LogP) is 2.06. The molecule has 0 unspecified atom stereocenters. The zero-order valence-corrected chi connectivity index (χ0v) is 16.6. The summed E-state index contributed by atoms with van der Waals surface area (Å²) in [5.74, 6) is -0.0601. The highest BCUT2D eigenvalue weighted by molar-refractivity contribution is 7.89. The van der Waals surface area contributed by atoms with Gasteiger partial charge in [-0.1, -0.05) is 6.08 Å². The largest absolute Gasteiger partial charge is 0.315 e. The molecule has 8 heteroatoms. The predicted molar refractivity (Wildman–Crippen MR) is 96.5 cm³/mol.